The van der Waals surface area contributed by atoms with E-state index in [0.29, 0.717) is 11.0 Å². The van der Waals surface area contributed by atoms with Gasteiger partial charge in [0.15, 0.2) is 5.82 Å². The number of thiophene rings is 1. The van der Waals surface area contributed by atoms with Crippen LogP contribution in [0, 0.1) is 6.92 Å². The average Bonchev–Trinajstić information content (AvgIpc) is 3.15. The van der Waals surface area contributed by atoms with Crippen molar-refractivity contribution in [1.82, 2.24) is 14.9 Å². The van der Waals surface area contributed by atoms with Gasteiger partial charge in [0.05, 0.1) is 10.6 Å². The summed E-state index contributed by atoms with van der Waals surface area (Å²) in [5.41, 5.74) is 1.88. The molecule has 8 heteroatoms. The number of carbonyl (C=O) groups excluding carboxylic acids is 1. The molecule has 0 aliphatic carbocycles. The Kier molecular flexibility index (Phi) is 4.63. The van der Waals surface area contributed by atoms with Crippen molar-refractivity contribution in [1.29, 1.82) is 0 Å². The highest BCUT2D eigenvalue weighted by Gasteiger charge is 2.14. The maximum Gasteiger partial charge on any atom is 0.234 e. The molecule has 2 heterocycles. The van der Waals surface area contributed by atoms with Crippen molar-refractivity contribution in [2.75, 3.05) is 16.9 Å². The summed E-state index contributed by atoms with van der Waals surface area (Å²) in [5.74, 6) is 6.70. The number of nitrogens with zero attached hydrogens (tertiary/aromatic N) is 3. The summed E-state index contributed by atoms with van der Waals surface area (Å²) >= 11 is 2.79. The second-order valence-corrected chi connectivity index (χ2v) is 6.75. The van der Waals surface area contributed by atoms with Crippen molar-refractivity contribution in [2.45, 2.75) is 12.1 Å². The van der Waals surface area contributed by atoms with Crippen molar-refractivity contribution in [3.63, 3.8) is 0 Å². The molecule has 1 amide bonds. The molecule has 0 bridgehead atoms. The largest absolute Gasteiger partial charge is 0.335 e. The number of aromatic nitrogens is 3. The van der Waals surface area contributed by atoms with Crippen LogP contribution in [0.15, 0.2) is 46.9 Å². The fourth-order valence-electron chi connectivity index (χ4n) is 2.00. The summed E-state index contributed by atoms with van der Waals surface area (Å²) in [6.45, 7) is 1.98. The summed E-state index contributed by atoms with van der Waals surface area (Å²) in [4.78, 5) is 13.0. The minimum absolute atomic E-state index is 0.110. The van der Waals surface area contributed by atoms with Gasteiger partial charge >= 0.3 is 0 Å². The number of hydrogen-bond donors (Lipinski definition) is 2. The summed E-state index contributed by atoms with van der Waals surface area (Å²) in [6, 6.07) is 11.5. The molecule has 3 aromatic rings. The maximum atomic E-state index is 12.0. The molecule has 1 aromatic carbocycles. The molecule has 23 heavy (non-hydrogen) atoms. The van der Waals surface area contributed by atoms with Crippen LogP contribution >= 0.6 is 23.1 Å². The molecule has 0 saturated heterocycles. The lowest BCUT2D eigenvalue weighted by Crippen LogP contribution is -2.16. The summed E-state index contributed by atoms with van der Waals surface area (Å²) in [6.07, 6.45) is 0. The van der Waals surface area contributed by atoms with E-state index in [-0.39, 0.29) is 11.7 Å². The predicted molar refractivity (Wildman–Crippen MR) is 94.0 cm³/mol. The van der Waals surface area contributed by atoms with Gasteiger partial charge in [-0.2, -0.15) is 0 Å². The molecule has 0 fully saturated rings. The smallest absolute Gasteiger partial charge is 0.234 e. The summed E-state index contributed by atoms with van der Waals surface area (Å²) < 4.78 is 1.41. The first-order valence-electron chi connectivity index (χ1n) is 6.87. The van der Waals surface area contributed by atoms with Gasteiger partial charge in [-0.25, -0.2) is 4.68 Å². The maximum absolute atomic E-state index is 12.0. The van der Waals surface area contributed by atoms with E-state index < -0.39 is 0 Å². The van der Waals surface area contributed by atoms with Crippen LogP contribution in [0.3, 0.4) is 0 Å². The molecule has 3 N–H and O–H groups in total. The molecule has 0 aliphatic heterocycles. The Labute approximate surface area is 141 Å². The first-order valence-corrected chi connectivity index (χ1v) is 8.73. The van der Waals surface area contributed by atoms with Gasteiger partial charge in [0.1, 0.15) is 0 Å². The van der Waals surface area contributed by atoms with Crippen LogP contribution in [0.1, 0.15) is 5.56 Å². The first-order chi connectivity index (χ1) is 11.1. The number of nitrogen functional groups attached to an aromatic ring is 1. The van der Waals surface area contributed by atoms with Crippen molar-refractivity contribution in [2.24, 2.45) is 0 Å². The Balaban J connectivity index is 1.61. The van der Waals surface area contributed by atoms with E-state index in [1.54, 1.807) is 0 Å². The number of thioether (sulfide) groups is 1. The van der Waals surface area contributed by atoms with Gasteiger partial charge in [-0.05, 0) is 36.1 Å². The molecule has 118 valence electrons. The third-order valence-corrected chi connectivity index (χ3v) is 4.85. The van der Waals surface area contributed by atoms with E-state index in [0.717, 1.165) is 16.1 Å². The minimum Gasteiger partial charge on any atom is -0.335 e. The van der Waals surface area contributed by atoms with Crippen LogP contribution in [0.2, 0.25) is 0 Å². The number of rotatable bonds is 5. The molecule has 3 rings (SSSR count). The van der Waals surface area contributed by atoms with E-state index in [4.69, 9.17) is 5.84 Å². The molecule has 0 saturated carbocycles. The molecule has 2 aromatic heterocycles. The van der Waals surface area contributed by atoms with Crippen LogP contribution in [-0.4, -0.2) is 26.5 Å². The predicted octanol–water partition coefficient (Wildman–Crippen LogP) is 2.76. The zero-order valence-corrected chi connectivity index (χ0v) is 14.0. The van der Waals surface area contributed by atoms with Gasteiger partial charge in [0.2, 0.25) is 11.1 Å². The Morgan fingerprint density at radius 2 is 2.22 bits per heavy atom. The number of aryl methyl sites for hydroxylation is 1. The second kappa shape index (κ2) is 6.84. The van der Waals surface area contributed by atoms with Crippen LogP contribution in [0.25, 0.3) is 10.7 Å². The third kappa shape index (κ3) is 3.72. The van der Waals surface area contributed by atoms with E-state index in [1.165, 1.54) is 27.8 Å². The average molecular weight is 345 g/mol. The quantitative estimate of drug-likeness (QED) is 0.548. The zero-order chi connectivity index (χ0) is 16.2. The van der Waals surface area contributed by atoms with Crippen LogP contribution < -0.4 is 11.2 Å². The van der Waals surface area contributed by atoms with Crippen molar-refractivity contribution in [3.05, 3.63) is 47.3 Å². The van der Waals surface area contributed by atoms with E-state index in [2.05, 4.69) is 15.5 Å². The van der Waals surface area contributed by atoms with Crippen molar-refractivity contribution < 1.29 is 4.79 Å². The molecule has 0 radical (unpaired) electrons. The Bertz CT molecular complexity index is 813. The van der Waals surface area contributed by atoms with Gasteiger partial charge in [-0.3, -0.25) is 4.79 Å². The number of nitrogens with one attached hydrogen (secondary N) is 1. The number of nitrogens with two attached hydrogens (primary N) is 1. The Morgan fingerprint density at radius 1 is 1.35 bits per heavy atom. The molecule has 0 aliphatic rings. The van der Waals surface area contributed by atoms with Crippen LogP contribution in [0.5, 0.6) is 0 Å². The first kappa shape index (κ1) is 15.6. The highest BCUT2D eigenvalue weighted by molar-refractivity contribution is 7.99. The van der Waals surface area contributed by atoms with Crippen LogP contribution in [-0.2, 0) is 4.79 Å². The lowest BCUT2D eigenvalue weighted by atomic mass is 10.2. The Hall–Kier alpha value is -2.32. The number of hydrogen-bond acceptors (Lipinski definition) is 6. The SMILES string of the molecule is Cc1cccc(NC(=O)CSc2nnc(-c3cccs3)n2N)c1. The molecule has 6 nitrogen and oxygen atoms in total. The van der Waals surface area contributed by atoms with Crippen LogP contribution in [0.4, 0.5) is 5.69 Å². The van der Waals surface area contributed by atoms with Gasteiger partial charge < -0.3 is 11.2 Å². The number of anilines is 1. The van der Waals surface area contributed by atoms with E-state index in [9.17, 15) is 4.79 Å². The van der Waals surface area contributed by atoms with Crippen molar-refractivity contribution >= 4 is 34.7 Å². The lowest BCUT2D eigenvalue weighted by Gasteiger charge is -2.06. The third-order valence-electron chi connectivity index (χ3n) is 3.04. The fraction of sp³-hybridized carbons (Fsp3) is 0.133. The highest BCUT2D eigenvalue weighted by Crippen LogP contribution is 2.25. The number of amides is 1. The van der Waals surface area contributed by atoms with E-state index in [1.807, 2.05) is 48.7 Å². The zero-order valence-electron chi connectivity index (χ0n) is 12.4. The van der Waals surface area contributed by atoms with Gasteiger partial charge in [-0.15, -0.1) is 21.5 Å². The molecular weight excluding hydrogens is 330 g/mol. The topological polar surface area (TPSA) is 85.8 Å². The molecule has 0 unspecified atom stereocenters. The van der Waals surface area contributed by atoms with Gasteiger partial charge in [-0.1, -0.05) is 30.0 Å². The van der Waals surface area contributed by atoms with Gasteiger partial charge in [0.25, 0.3) is 0 Å². The minimum atomic E-state index is -0.110. The summed E-state index contributed by atoms with van der Waals surface area (Å²) in [7, 11) is 0. The van der Waals surface area contributed by atoms with Gasteiger partial charge in [0, 0.05) is 5.69 Å². The Morgan fingerprint density at radius 3 is 2.96 bits per heavy atom. The normalized spacial score (nSPS) is 10.7. The van der Waals surface area contributed by atoms with E-state index >= 15 is 0 Å². The fourth-order valence-corrected chi connectivity index (χ4v) is 3.36. The molecular formula is C15H15N5OS2. The monoisotopic (exact) mass is 345 g/mol. The second-order valence-electron chi connectivity index (χ2n) is 4.86. The van der Waals surface area contributed by atoms with Crippen molar-refractivity contribution in [3.8, 4) is 10.7 Å². The summed E-state index contributed by atoms with van der Waals surface area (Å²) in [5, 5.41) is 13.4. The lowest BCUT2D eigenvalue weighted by molar-refractivity contribution is -0.113. The molecule has 0 atom stereocenters. The standard InChI is InChI=1S/C15H15N5OS2/c1-10-4-2-5-11(8-10)17-13(21)9-23-15-19-18-14(20(15)16)12-6-3-7-22-12/h2-8H,9,16H2,1H3,(H,17,21). The number of carbonyl (C=O) groups is 1. The highest BCUT2D eigenvalue weighted by atomic mass is 32.2. The number of benzene rings is 1. The molecule has 0 spiro atoms.